The fourth-order valence-corrected chi connectivity index (χ4v) is 3.48. The molecule has 0 aliphatic carbocycles. The summed E-state index contributed by atoms with van der Waals surface area (Å²) < 4.78 is 43.9. The van der Waals surface area contributed by atoms with Gasteiger partial charge >= 0.3 is 41.5 Å². The van der Waals surface area contributed by atoms with Crippen LogP contribution in [0, 0.1) is 0 Å². The summed E-state index contributed by atoms with van der Waals surface area (Å²) in [5, 5.41) is -2.10. The molecule has 0 amide bonds. The van der Waals surface area contributed by atoms with E-state index in [2.05, 4.69) is 18.2 Å². The Kier molecular flexibility index (Phi) is 19.5. The van der Waals surface area contributed by atoms with Gasteiger partial charge in [0.25, 0.3) is 0 Å². The first-order valence-corrected chi connectivity index (χ1v) is 11.6. The average molecular weight is 443 g/mol. The molecule has 9 heteroatoms. The molecule has 2 unspecified atom stereocenters. The Labute approximate surface area is 198 Å². The largest absolute Gasteiger partial charge is 1.00 e. The second kappa shape index (κ2) is 18.4. The first-order valence-electron chi connectivity index (χ1n) is 10.2. The van der Waals surface area contributed by atoms with Crippen LogP contribution >= 0.6 is 0 Å². The van der Waals surface area contributed by atoms with Crippen LogP contribution in [0.4, 0.5) is 0 Å². The molecule has 29 heavy (non-hydrogen) atoms. The molecular formula is C20H35NaO7S. The molecular weight excluding hydrogens is 407 g/mol. The van der Waals surface area contributed by atoms with Gasteiger partial charge in [-0.2, -0.15) is 0 Å². The van der Waals surface area contributed by atoms with Gasteiger partial charge in [0, 0.05) is 0 Å². The van der Waals surface area contributed by atoms with Gasteiger partial charge in [0.2, 0.25) is 0 Å². The standard InChI is InChI=1S/C20H36O7S.Na/c1-4-7-8-9-10-11-12-14-17(13-5-2)27-19(21)16-18(28(23,24)25)20(22)26-15-6-3;/h6,17-18H,3-5,7-16H2,1-2H3,(H,23,24,25);/q;+1/p-1. The van der Waals surface area contributed by atoms with Gasteiger partial charge in [-0.05, 0) is 19.3 Å². The van der Waals surface area contributed by atoms with E-state index in [1.807, 2.05) is 6.92 Å². The van der Waals surface area contributed by atoms with Crippen molar-refractivity contribution in [1.29, 1.82) is 0 Å². The van der Waals surface area contributed by atoms with E-state index in [0.717, 1.165) is 25.7 Å². The van der Waals surface area contributed by atoms with Crippen LogP contribution in [0.25, 0.3) is 0 Å². The van der Waals surface area contributed by atoms with Gasteiger partial charge in [0.15, 0.2) is 5.25 Å². The van der Waals surface area contributed by atoms with Gasteiger partial charge < -0.3 is 14.0 Å². The molecule has 0 rings (SSSR count). The quantitative estimate of drug-likeness (QED) is 0.108. The summed E-state index contributed by atoms with van der Waals surface area (Å²) >= 11 is 0. The maximum atomic E-state index is 12.1. The van der Waals surface area contributed by atoms with Crippen molar-refractivity contribution in [2.75, 3.05) is 6.61 Å². The van der Waals surface area contributed by atoms with E-state index < -0.39 is 33.7 Å². The van der Waals surface area contributed by atoms with E-state index >= 15 is 0 Å². The van der Waals surface area contributed by atoms with E-state index in [1.54, 1.807) is 0 Å². The number of hydrogen-bond donors (Lipinski definition) is 0. The van der Waals surface area contributed by atoms with E-state index in [9.17, 15) is 22.6 Å². The molecule has 0 aromatic heterocycles. The summed E-state index contributed by atoms with van der Waals surface area (Å²) in [6, 6.07) is 0. The van der Waals surface area contributed by atoms with Crippen molar-refractivity contribution >= 4 is 22.1 Å². The van der Waals surface area contributed by atoms with Gasteiger partial charge in [-0.25, -0.2) is 8.42 Å². The van der Waals surface area contributed by atoms with Crippen LogP contribution in [0.3, 0.4) is 0 Å². The Bertz CT molecular complexity index is 563. The monoisotopic (exact) mass is 442 g/mol. The minimum atomic E-state index is -5.03. The summed E-state index contributed by atoms with van der Waals surface area (Å²) in [7, 11) is -5.03. The van der Waals surface area contributed by atoms with Gasteiger partial charge in [-0.3, -0.25) is 9.59 Å². The van der Waals surface area contributed by atoms with Crippen molar-refractivity contribution in [1.82, 2.24) is 0 Å². The summed E-state index contributed by atoms with van der Waals surface area (Å²) in [5.41, 5.74) is 0. The molecule has 164 valence electrons. The molecule has 0 aliphatic heterocycles. The molecule has 2 atom stereocenters. The molecule has 0 heterocycles. The van der Waals surface area contributed by atoms with Crippen LogP contribution in [0.15, 0.2) is 12.7 Å². The fraction of sp³-hybridized carbons (Fsp3) is 0.800. The number of hydrogen-bond acceptors (Lipinski definition) is 7. The third-order valence-corrected chi connectivity index (χ3v) is 5.40. The van der Waals surface area contributed by atoms with Crippen molar-refractivity contribution in [3.63, 3.8) is 0 Å². The van der Waals surface area contributed by atoms with Crippen LogP contribution in [-0.2, 0) is 29.2 Å². The first-order chi connectivity index (χ1) is 13.3. The van der Waals surface area contributed by atoms with E-state index in [-0.39, 0.29) is 42.3 Å². The number of ether oxygens (including phenoxy) is 2. The molecule has 0 fully saturated rings. The second-order valence-electron chi connectivity index (χ2n) is 6.91. The Morgan fingerprint density at radius 3 is 2.10 bits per heavy atom. The van der Waals surface area contributed by atoms with E-state index in [1.165, 1.54) is 31.8 Å². The predicted octanol–water partition coefficient (Wildman–Crippen LogP) is 0.876. The minimum absolute atomic E-state index is 0. The summed E-state index contributed by atoms with van der Waals surface area (Å²) in [4.78, 5) is 23.9. The zero-order chi connectivity index (χ0) is 21.4. The molecule has 7 nitrogen and oxygen atoms in total. The number of carbonyl (C=O) groups excluding carboxylic acids is 2. The molecule has 0 spiro atoms. The van der Waals surface area contributed by atoms with Crippen LogP contribution in [0.5, 0.6) is 0 Å². The number of rotatable bonds is 17. The van der Waals surface area contributed by atoms with E-state index in [4.69, 9.17) is 4.74 Å². The van der Waals surface area contributed by atoms with Gasteiger partial charge in [-0.15, -0.1) is 0 Å². The molecule has 0 aliphatic rings. The Morgan fingerprint density at radius 1 is 1.00 bits per heavy atom. The smallest absolute Gasteiger partial charge is 0.747 e. The normalized spacial score (nSPS) is 13.1. The van der Waals surface area contributed by atoms with Crippen LogP contribution in [-0.4, -0.2) is 42.9 Å². The number of carbonyl (C=O) groups is 2. The number of esters is 2. The molecule has 0 bridgehead atoms. The zero-order valence-electron chi connectivity index (χ0n) is 18.2. The molecule has 0 saturated carbocycles. The average Bonchev–Trinajstić information content (AvgIpc) is 2.62. The van der Waals surface area contributed by atoms with Crippen molar-refractivity contribution < 1.29 is 61.6 Å². The van der Waals surface area contributed by atoms with Gasteiger partial charge in [0.1, 0.15) is 22.8 Å². The predicted molar refractivity (Wildman–Crippen MR) is 107 cm³/mol. The fourth-order valence-electron chi connectivity index (χ4n) is 2.84. The summed E-state index contributed by atoms with van der Waals surface area (Å²) in [6.45, 7) is 7.23. The third-order valence-electron chi connectivity index (χ3n) is 4.35. The molecule has 0 N–H and O–H groups in total. The maximum Gasteiger partial charge on any atom is 1.00 e. The molecule has 0 radical (unpaired) electrons. The SMILES string of the molecule is C=CCOC(=O)C(CC(=O)OC(CCC)CCCCCCCCC)S(=O)(=O)[O-].[Na+]. The van der Waals surface area contributed by atoms with Crippen molar-refractivity contribution in [3.05, 3.63) is 12.7 Å². The van der Waals surface area contributed by atoms with Crippen LogP contribution in [0.1, 0.15) is 84.5 Å². The molecule has 0 aromatic rings. The van der Waals surface area contributed by atoms with Crippen LogP contribution in [0.2, 0.25) is 0 Å². The number of unbranched alkanes of at least 4 members (excludes halogenated alkanes) is 6. The second-order valence-corrected chi connectivity index (χ2v) is 8.47. The topological polar surface area (TPSA) is 110 Å². The van der Waals surface area contributed by atoms with Gasteiger partial charge in [-0.1, -0.05) is 71.4 Å². The summed E-state index contributed by atoms with van der Waals surface area (Å²) in [5.74, 6) is -2.13. The maximum absolute atomic E-state index is 12.1. The van der Waals surface area contributed by atoms with Gasteiger partial charge in [0.05, 0.1) is 6.42 Å². The first kappa shape index (κ1) is 30.8. The van der Waals surface area contributed by atoms with Crippen molar-refractivity contribution in [2.45, 2.75) is 95.8 Å². The van der Waals surface area contributed by atoms with Crippen molar-refractivity contribution in [3.8, 4) is 0 Å². The molecule has 0 saturated heterocycles. The Balaban J connectivity index is 0. The zero-order valence-corrected chi connectivity index (χ0v) is 21.0. The van der Waals surface area contributed by atoms with Crippen LogP contribution < -0.4 is 29.6 Å². The molecule has 0 aromatic carbocycles. The van der Waals surface area contributed by atoms with E-state index in [0.29, 0.717) is 12.8 Å². The third kappa shape index (κ3) is 16.0. The van der Waals surface area contributed by atoms with Crippen molar-refractivity contribution in [2.24, 2.45) is 0 Å². The Hall–Kier alpha value is -0.410. The summed E-state index contributed by atoms with van der Waals surface area (Å²) in [6.07, 6.45) is 10.2. The Morgan fingerprint density at radius 2 is 1.59 bits per heavy atom. The minimum Gasteiger partial charge on any atom is -0.747 e.